The van der Waals surface area contributed by atoms with Crippen LogP contribution in [0.3, 0.4) is 0 Å². The summed E-state index contributed by atoms with van der Waals surface area (Å²) in [5.74, 6) is -0.388. The van der Waals surface area contributed by atoms with Crippen molar-refractivity contribution in [3.8, 4) is 0 Å². The molecule has 1 N–H and O–H groups in total. The molecule has 140 valence electrons. The minimum Gasteiger partial charge on any atom is -0.461 e. The molecule has 0 fully saturated rings. The monoisotopic (exact) mass is 436 g/mol. The number of hydrogen-bond donors (Lipinski definition) is 1. The topological polar surface area (TPSA) is 137 Å². The van der Waals surface area contributed by atoms with Crippen molar-refractivity contribution in [3.05, 3.63) is 72.2 Å². The van der Waals surface area contributed by atoms with Gasteiger partial charge in [0, 0.05) is 23.0 Å². The number of nitrogens with zero attached hydrogens (tertiary/aromatic N) is 3. The van der Waals surface area contributed by atoms with Gasteiger partial charge in [-0.2, -0.15) is 5.10 Å². The average Bonchev–Trinajstić information content (AvgIpc) is 2.60. The van der Waals surface area contributed by atoms with Gasteiger partial charge in [0.25, 0.3) is 5.69 Å². The van der Waals surface area contributed by atoms with Gasteiger partial charge < -0.3 is 4.74 Å². The molecule has 0 unspecified atom stereocenters. The highest BCUT2D eigenvalue weighted by Gasteiger charge is 2.19. The lowest BCUT2D eigenvalue weighted by molar-refractivity contribution is -0.393. The van der Waals surface area contributed by atoms with Gasteiger partial charge in [-0.25, -0.2) is 0 Å². The average molecular weight is 437 g/mol. The first-order valence-electron chi connectivity index (χ1n) is 7.41. The summed E-state index contributed by atoms with van der Waals surface area (Å²) in [5.41, 5.74) is 3.12. The zero-order chi connectivity index (χ0) is 20.0. The second-order valence-corrected chi connectivity index (χ2v) is 6.07. The van der Waals surface area contributed by atoms with Crippen LogP contribution in [0.15, 0.2) is 46.0 Å². The fourth-order valence-electron chi connectivity index (χ4n) is 2.00. The summed E-state index contributed by atoms with van der Waals surface area (Å²) in [6, 6.07) is 8.41. The number of hydrogen-bond acceptors (Lipinski definition) is 8. The Kier molecular flexibility index (Phi) is 6.55. The second-order valence-electron chi connectivity index (χ2n) is 5.22. The van der Waals surface area contributed by atoms with Crippen LogP contribution in [0.25, 0.3) is 0 Å². The summed E-state index contributed by atoms with van der Waals surface area (Å²) in [5, 5.41) is 25.7. The molecule has 2 aromatic carbocycles. The maximum absolute atomic E-state index is 11.1. The summed E-state index contributed by atoms with van der Waals surface area (Å²) in [6.45, 7) is 1.44. The van der Waals surface area contributed by atoms with Crippen LogP contribution in [0, 0.1) is 20.2 Å². The molecule has 10 nitrogen and oxygen atoms in total. The Morgan fingerprint density at radius 3 is 2.56 bits per heavy atom. The van der Waals surface area contributed by atoms with Crippen LogP contribution >= 0.6 is 15.9 Å². The van der Waals surface area contributed by atoms with Crippen LogP contribution in [0.2, 0.25) is 0 Å². The lowest BCUT2D eigenvalue weighted by Gasteiger charge is -2.06. The molecule has 0 aliphatic rings. The van der Waals surface area contributed by atoms with Crippen LogP contribution in [-0.2, 0) is 16.1 Å². The highest BCUT2D eigenvalue weighted by Crippen LogP contribution is 2.29. The smallest absolute Gasteiger partial charge is 0.302 e. The standard InChI is InChI=1S/C16H13BrN4O6/c1-10(22)27-9-12-3-2-11(6-14(12)17)8-18-19-15-5-4-13(20(23)24)7-16(15)21(25)26/h2-8,19H,9H2,1H3. The summed E-state index contributed by atoms with van der Waals surface area (Å²) in [7, 11) is 0. The molecule has 0 aromatic heterocycles. The van der Waals surface area contributed by atoms with Crippen molar-refractivity contribution in [1.82, 2.24) is 0 Å². The number of non-ortho nitro benzene ring substituents is 1. The van der Waals surface area contributed by atoms with Crippen molar-refractivity contribution in [2.45, 2.75) is 13.5 Å². The Morgan fingerprint density at radius 1 is 1.22 bits per heavy atom. The zero-order valence-corrected chi connectivity index (χ0v) is 15.5. The molecule has 2 aromatic rings. The van der Waals surface area contributed by atoms with E-state index in [-0.39, 0.29) is 24.0 Å². The Hall–Kier alpha value is -3.34. The van der Waals surface area contributed by atoms with Crippen LogP contribution in [0.5, 0.6) is 0 Å². The third kappa shape index (κ3) is 5.57. The predicted octanol–water partition coefficient (Wildman–Crippen LogP) is 3.77. The van der Waals surface area contributed by atoms with Crippen LogP contribution < -0.4 is 5.43 Å². The molecule has 0 saturated carbocycles. The van der Waals surface area contributed by atoms with Crippen molar-refractivity contribution in [2.24, 2.45) is 5.10 Å². The van der Waals surface area contributed by atoms with Gasteiger partial charge in [-0.05, 0) is 17.7 Å². The van der Waals surface area contributed by atoms with Crippen LogP contribution in [-0.4, -0.2) is 22.0 Å². The molecule has 0 heterocycles. The number of halogens is 1. The molecule has 0 aliphatic heterocycles. The fraction of sp³-hybridized carbons (Fsp3) is 0.125. The maximum atomic E-state index is 11.1. The van der Waals surface area contributed by atoms with E-state index in [0.29, 0.717) is 10.0 Å². The molecule has 11 heteroatoms. The van der Waals surface area contributed by atoms with Crippen molar-refractivity contribution in [1.29, 1.82) is 0 Å². The second kappa shape index (κ2) is 8.85. The van der Waals surface area contributed by atoms with Gasteiger partial charge in [0.1, 0.15) is 12.3 Å². The molecule has 0 atom stereocenters. The third-order valence-electron chi connectivity index (χ3n) is 3.30. The molecule has 2 rings (SSSR count). The minimum atomic E-state index is -0.731. The number of esters is 1. The van der Waals surface area contributed by atoms with Gasteiger partial charge in [0.05, 0.1) is 22.1 Å². The molecular formula is C16H13BrN4O6. The van der Waals surface area contributed by atoms with Gasteiger partial charge in [0.15, 0.2) is 0 Å². The molecule has 0 spiro atoms. The van der Waals surface area contributed by atoms with Crippen molar-refractivity contribution < 1.29 is 19.4 Å². The number of benzene rings is 2. The number of hydrazone groups is 1. The SMILES string of the molecule is CC(=O)OCc1ccc(C=NNc2ccc([N+](=O)[O-])cc2[N+](=O)[O-])cc1Br. The Labute approximate surface area is 161 Å². The lowest BCUT2D eigenvalue weighted by atomic mass is 10.1. The summed E-state index contributed by atoms with van der Waals surface area (Å²) in [6.07, 6.45) is 1.42. The number of nitro benzene ring substituents is 2. The molecular weight excluding hydrogens is 424 g/mol. The molecule has 0 amide bonds. The number of ether oxygens (including phenoxy) is 1. The molecule has 0 saturated heterocycles. The quantitative estimate of drug-likeness (QED) is 0.301. The van der Waals surface area contributed by atoms with Crippen molar-refractivity contribution in [2.75, 3.05) is 5.43 Å². The van der Waals surface area contributed by atoms with E-state index in [2.05, 4.69) is 26.5 Å². The summed E-state index contributed by atoms with van der Waals surface area (Å²) >= 11 is 3.36. The molecule has 27 heavy (non-hydrogen) atoms. The maximum Gasteiger partial charge on any atom is 0.302 e. The van der Waals surface area contributed by atoms with E-state index in [1.54, 1.807) is 18.2 Å². The molecule has 0 aliphatic carbocycles. The van der Waals surface area contributed by atoms with Gasteiger partial charge in [0.2, 0.25) is 0 Å². The lowest BCUT2D eigenvalue weighted by Crippen LogP contribution is -2.00. The minimum absolute atomic E-state index is 0.0207. The van der Waals surface area contributed by atoms with E-state index in [0.717, 1.165) is 17.7 Å². The molecule has 0 bridgehead atoms. The van der Waals surface area contributed by atoms with E-state index in [9.17, 15) is 25.0 Å². The number of carbonyl (C=O) groups excluding carboxylic acids is 1. The number of rotatable bonds is 7. The normalized spacial score (nSPS) is 10.6. The fourth-order valence-corrected chi connectivity index (χ4v) is 2.51. The van der Waals surface area contributed by atoms with E-state index < -0.39 is 15.5 Å². The first kappa shape index (κ1) is 20.0. The van der Waals surface area contributed by atoms with E-state index in [4.69, 9.17) is 4.74 Å². The summed E-state index contributed by atoms with van der Waals surface area (Å²) < 4.78 is 5.63. The first-order chi connectivity index (χ1) is 12.8. The highest BCUT2D eigenvalue weighted by atomic mass is 79.9. The van der Waals surface area contributed by atoms with Gasteiger partial charge in [-0.1, -0.05) is 28.1 Å². The van der Waals surface area contributed by atoms with Crippen LogP contribution in [0.1, 0.15) is 18.1 Å². The largest absolute Gasteiger partial charge is 0.461 e. The van der Waals surface area contributed by atoms with Gasteiger partial charge >= 0.3 is 11.7 Å². The number of nitro groups is 2. The van der Waals surface area contributed by atoms with Gasteiger partial charge in [-0.3, -0.25) is 30.4 Å². The Morgan fingerprint density at radius 2 is 1.96 bits per heavy atom. The first-order valence-corrected chi connectivity index (χ1v) is 8.21. The number of nitrogens with one attached hydrogen (secondary N) is 1. The van der Waals surface area contributed by atoms with E-state index >= 15 is 0 Å². The van der Waals surface area contributed by atoms with Crippen LogP contribution in [0.4, 0.5) is 17.1 Å². The summed E-state index contributed by atoms with van der Waals surface area (Å²) in [4.78, 5) is 31.2. The Balaban J connectivity index is 2.13. The van der Waals surface area contributed by atoms with E-state index in [1.165, 1.54) is 19.2 Å². The third-order valence-corrected chi connectivity index (χ3v) is 4.03. The van der Waals surface area contributed by atoms with Gasteiger partial charge in [-0.15, -0.1) is 0 Å². The predicted molar refractivity (Wildman–Crippen MR) is 101 cm³/mol. The number of carbonyl (C=O) groups is 1. The zero-order valence-electron chi connectivity index (χ0n) is 13.9. The van der Waals surface area contributed by atoms with Crippen molar-refractivity contribution >= 4 is 45.2 Å². The molecule has 0 radical (unpaired) electrons. The number of anilines is 1. The Bertz CT molecular complexity index is 931. The van der Waals surface area contributed by atoms with E-state index in [1.807, 2.05) is 0 Å². The highest BCUT2D eigenvalue weighted by molar-refractivity contribution is 9.10. The van der Waals surface area contributed by atoms with Crippen molar-refractivity contribution in [3.63, 3.8) is 0 Å².